The Morgan fingerprint density at radius 3 is 2.00 bits per heavy atom. The third-order valence-electron chi connectivity index (χ3n) is 4.13. The molecule has 0 aliphatic heterocycles. The minimum Gasteiger partial charge on any atom is -0.454 e. The topological polar surface area (TPSA) is 77.4 Å². The Hall–Kier alpha value is -3.67. The van der Waals surface area contributed by atoms with Crippen molar-refractivity contribution >= 4 is 11.9 Å². The zero-order valence-corrected chi connectivity index (χ0v) is 15.2. The molecule has 0 atom stereocenters. The SMILES string of the molecule is O=C(COC(=O)Cn1ccccc1=O)NC(c1ccccc1)c1ccccc1. The third-order valence-corrected chi connectivity index (χ3v) is 4.13. The molecule has 0 fully saturated rings. The predicted molar refractivity (Wildman–Crippen MR) is 105 cm³/mol. The van der Waals surface area contributed by atoms with Gasteiger partial charge in [-0.3, -0.25) is 14.4 Å². The van der Waals surface area contributed by atoms with Crippen molar-refractivity contribution in [2.24, 2.45) is 0 Å². The Labute approximate surface area is 162 Å². The van der Waals surface area contributed by atoms with Crippen LogP contribution in [0.2, 0.25) is 0 Å². The molecule has 6 nitrogen and oxygen atoms in total. The van der Waals surface area contributed by atoms with E-state index in [1.807, 2.05) is 60.7 Å². The van der Waals surface area contributed by atoms with Gasteiger partial charge in [-0.25, -0.2) is 0 Å². The number of amides is 1. The van der Waals surface area contributed by atoms with Crippen molar-refractivity contribution in [3.63, 3.8) is 0 Å². The van der Waals surface area contributed by atoms with E-state index in [2.05, 4.69) is 5.32 Å². The number of aromatic nitrogens is 1. The minimum absolute atomic E-state index is 0.242. The van der Waals surface area contributed by atoms with Crippen molar-refractivity contribution in [2.45, 2.75) is 12.6 Å². The average Bonchev–Trinajstić information content (AvgIpc) is 2.73. The zero-order valence-electron chi connectivity index (χ0n) is 15.2. The molecular weight excluding hydrogens is 356 g/mol. The number of ether oxygens (including phenoxy) is 1. The van der Waals surface area contributed by atoms with Gasteiger partial charge in [-0.2, -0.15) is 0 Å². The Bertz CT molecular complexity index is 944. The van der Waals surface area contributed by atoms with Crippen LogP contribution in [-0.2, 0) is 20.9 Å². The van der Waals surface area contributed by atoms with E-state index >= 15 is 0 Å². The molecule has 0 aliphatic carbocycles. The Kier molecular flexibility index (Phi) is 6.36. The maximum absolute atomic E-state index is 12.4. The summed E-state index contributed by atoms with van der Waals surface area (Å²) >= 11 is 0. The van der Waals surface area contributed by atoms with Gasteiger partial charge in [-0.05, 0) is 17.2 Å². The summed E-state index contributed by atoms with van der Waals surface area (Å²) in [5.74, 6) is -1.08. The number of carbonyl (C=O) groups excluding carboxylic acids is 2. The van der Waals surface area contributed by atoms with Gasteiger partial charge in [-0.15, -0.1) is 0 Å². The van der Waals surface area contributed by atoms with Crippen LogP contribution >= 0.6 is 0 Å². The monoisotopic (exact) mass is 376 g/mol. The molecule has 1 amide bonds. The summed E-state index contributed by atoms with van der Waals surface area (Å²) in [5, 5.41) is 2.90. The van der Waals surface area contributed by atoms with Gasteiger partial charge in [0, 0.05) is 12.3 Å². The summed E-state index contributed by atoms with van der Waals surface area (Å²) in [7, 11) is 0. The maximum Gasteiger partial charge on any atom is 0.326 e. The summed E-state index contributed by atoms with van der Waals surface area (Å²) in [6.45, 7) is -0.662. The fourth-order valence-electron chi connectivity index (χ4n) is 2.77. The van der Waals surface area contributed by atoms with Gasteiger partial charge in [-0.1, -0.05) is 66.7 Å². The lowest BCUT2D eigenvalue weighted by atomic mass is 9.99. The second kappa shape index (κ2) is 9.32. The predicted octanol–water partition coefficient (Wildman–Crippen LogP) is 2.30. The lowest BCUT2D eigenvalue weighted by Gasteiger charge is -2.20. The molecule has 3 rings (SSSR count). The molecular formula is C22H20N2O4. The molecule has 28 heavy (non-hydrogen) atoms. The second-order valence-corrected chi connectivity index (χ2v) is 6.15. The first-order valence-electron chi connectivity index (χ1n) is 8.84. The van der Waals surface area contributed by atoms with Gasteiger partial charge in [0.25, 0.3) is 11.5 Å². The molecule has 0 saturated carbocycles. The van der Waals surface area contributed by atoms with E-state index in [1.165, 1.54) is 16.8 Å². The molecule has 0 spiro atoms. The molecule has 1 heterocycles. The fraction of sp³-hybridized carbons (Fsp3) is 0.136. The van der Waals surface area contributed by atoms with Crippen molar-refractivity contribution in [3.8, 4) is 0 Å². The molecule has 0 saturated heterocycles. The van der Waals surface area contributed by atoms with Crippen LogP contribution in [-0.4, -0.2) is 23.1 Å². The van der Waals surface area contributed by atoms with Crippen LogP contribution in [0, 0.1) is 0 Å². The summed E-state index contributed by atoms with van der Waals surface area (Å²) < 4.78 is 6.24. The number of rotatable bonds is 7. The maximum atomic E-state index is 12.4. The van der Waals surface area contributed by atoms with Gasteiger partial charge >= 0.3 is 5.97 Å². The second-order valence-electron chi connectivity index (χ2n) is 6.15. The molecule has 2 aromatic carbocycles. The average molecular weight is 376 g/mol. The van der Waals surface area contributed by atoms with E-state index < -0.39 is 18.5 Å². The van der Waals surface area contributed by atoms with Crippen LogP contribution in [0.1, 0.15) is 17.2 Å². The van der Waals surface area contributed by atoms with E-state index in [9.17, 15) is 14.4 Å². The van der Waals surface area contributed by atoms with Crippen molar-refractivity contribution in [3.05, 3.63) is 107 Å². The largest absolute Gasteiger partial charge is 0.454 e. The third kappa shape index (κ3) is 5.17. The van der Waals surface area contributed by atoms with Crippen molar-refractivity contribution < 1.29 is 14.3 Å². The van der Waals surface area contributed by atoms with Gasteiger partial charge < -0.3 is 14.6 Å². The fourth-order valence-corrected chi connectivity index (χ4v) is 2.77. The van der Waals surface area contributed by atoms with Crippen LogP contribution in [0.4, 0.5) is 0 Å². The number of hydrogen-bond acceptors (Lipinski definition) is 4. The molecule has 0 unspecified atom stereocenters. The molecule has 0 aliphatic rings. The summed E-state index contributed by atoms with van der Waals surface area (Å²) in [5.41, 5.74) is 1.53. The standard InChI is InChI=1S/C22H20N2O4/c25-19(16-28-21(27)15-24-14-8-7-13-20(24)26)23-22(17-9-3-1-4-10-17)18-11-5-2-6-12-18/h1-14,22H,15-16H2,(H,23,25). The highest BCUT2D eigenvalue weighted by atomic mass is 16.5. The van der Waals surface area contributed by atoms with E-state index in [0.29, 0.717) is 0 Å². The molecule has 6 heteroatoms. The highest BCUT2D eigenvalue weighted by Crippen LogP contribution is 2.21. The van der Waals surface area contributed by atoms with Gasteiger partial charge in [0.05, 0.1) is 6.04 Å². The quantitative estimate of drug-likeness (QED) is 0.642. The normalized spacial score (nSPS) is 10.5. The van der Waals surface area contributed by atoms with Crippen molar-refractivity contribution in [1.29, 1.82) is 0 Å². The van der Waals surface area contributed by atoms with Crippen molar-refractivity contribution in [2.75, 3.05) is 6.61 Å². The highest BCUT2D eigenvalue weighted by molar-refractivity contribution is 5.81. The number of nitrogens with zero attached hydrogens (tertiary/aromatic N) is 1. The molecule has 1 aromatic heterocycles. The number of benzene rings is 2. The van der Waals surface area contributed by atoms with Gasteiger partial charge in [0.15, 0.2) is 6.61 Å². The lowest BCUT2D eigenvalue weighted by Crippen LogP contribution is -2.34. The number of hydrogen-bond donors (Lipinski definition) is 1. The molecule has 3 aromatic rings. The van der Waals surface area contributed by atoms with Crippen molar-refractivity contribution in [1.82, 2.24) is 9.88 Å². The number of carbonyl (C=O) groups is 2. The van der Waals surface area contributed by atoms with Crippen LogP contribution < -0.4 is 10.9 Å². The zero-order chi connectivity index (χ0) is 19.8. The smallest absolute Gasteiger partial charge is 0.326 e. The first-order chi connectivity index (χ1) is 13.6. The number of esters is 1. The first-order valence-corrected chi connectivity index (χ1v) is 8.84. The van der Waals surface area contributed by atoms with Gasteiger partial charge in [0.1, 0.15) is 6.54 Å². The van der Waals surface area contributed by atoms with Gasteiger partial charge in [0.2, 0.25) is 0 Å². The lowest BCUT2D eigenvalue weighted by molar-refractivity contribution is -0.149. The van der Waals surface area contributed by atoms with E-state index in [-0.39, 0.29) is 18.1 Å². The van der Waals surface area contributed by atoms with E-state index in [1.54, 1.807) is 12.1 Å². The first kappa shape index (κ1) is 19.1. The summed E-state index contributed by atoms with van der Waals surface area (Å²) in [6.07, 6.45) is 1.49. The molecule has 0 radical (unpaired) electrons. The Morgan fingerprint density at radius 2 is 1.43 bits per heavy atom. The highest BCUT2D eigenvalue weighted by Gasteiger charge is 2.17. The van der Waals surface area contributed by atoms with Crippen LogP contribution in [0.5, 0.6) is 0 Å². The molecule has 1 N–H and O–H groups in total. The Morgan fingerprint density at radius 1 is 0.857 bits per heavy atom. The van der Waals surface area contributed by atoms with E-state index in [4.69, 9.17) is 4.74 Å². The van der Waals surface area contributed by atoms with E-state index in [0.717, 1.165) is 11.1 Å². The number of pyridine rings is 1. The number of nitrogens with one attached hydrogen (secondary N) is 1. The Balaban J connectivity index is 1.62. The van der Waals surface area contributed by atoms with Crippen LogP contribution in [0.3, 0.4) is 0 Å². The van der Waals surface area contributed by atoms with Crippen LogP contribution in [0.15, 0.2) is 89.9 Å². The minimum atomic E-state index is -0.653. The molecule has 0 bridgehead atoms. The summed E-state index contributed by atoms with van der Waals surface area (Å²) in [4.78, 5) is 35.9. The molecule has 142 valence electrons. The van der Waals surface area contributed by atoms with Crippen LogP contribution in [0.25, 0.3) is 0 Å². The summed E-state index contributed by atoms with van der Waals surface area (Å²) in [6, 6.07) is 23.3.